The van der Waals surface area contributed by atoms with Crippen molar-refractivity contribution in [1.82, 2.24) is 5.32 Å². The number of hydrogen-bond donors (Lipinski definition) is 4. The van der Waals surface area contributed by atoms with Gasteiger partial charge < -0.3 is 21.1 Å². The van der Waals surface area contributed by atoms with E-state index < -0.39 is 20.0 Å². The van der Waals surface area contributed by atoms with Crippen LogP contribution in [0.3, 0.4) is 0 Å². The van der Waals surface area contributed by atoms with E-state index in [9.17, 15) is 19.4 Å². The van der Waals surface area contributed by atoms with Crippen molar-refractivity contribution in [2.24, 2.45) is 5.73 Å². The van der Waals surface area contributed by atoms with Crippen LogP contribution in [0, 0.1) is 0 Å². The fourth-order valence-corrected chi connectivity index (χ4v) is 7.00. The first-order valence-electron chi connectivity index (χ1n) is 22.3. The maximum absolute atomic E-state index is 12.7. The van der Waals surface area contributed by atoms with E-state index in [1.165, 1.54) is 116 Å². The van der Waals surface area contributed by atoms with Gasteiger partial charge in [-0.2, -0.15) is 0 Å². The summed E-state index contributed by atoms with van der Waals surface area (Å²) in [6.07, 6.45) is 50.2. The lowest BCUT2D eigenvalue weighted by molar-refractivity contribution is -0.123. The van der Waals surface area contributed by atoms with E-state index in [0.29, 0.717) is 6.42 Å². The molecule has 3 unspecified atom stereocenters. The number of unbranched alkanes of at least 4 members (excludes halogenated alkanes) is 23. The molecule has 0 aliphatic rings. The summed E-state index contributed by atoms with van der Waals surface area (Å²) < 4.78 is 22.1. The van der Waals surface area contributed by atoms with Crippen molar-refractivity contribution in [2.75, 3.05) is 19.8 Å². The van der Waals surface area contributed by atoms with Crippen LogP contribution in [-0.4, -0.2) is 47.8 Å². The van der Waals surface area contributed by atoms with Gasteiger partial charge in [0.15, 0.2) is 0 Å². The van der Waals surface area contributed by atoms with Crippen molar-refractivity contribution in [3.8, 4) is 0 Å². The first-order chi connectivity index (χ1) is 26.4. The standard InChI is InChI=1S/C45H85N2O6P/c1-3-5-7-9-11-13-15-17-19-20-21-22-23-25-26-28-30-32-34-36-38-44(48)43(42-53-54(50,51)52-41-40-46)47-45(49)39-37-35-33-31-29-27-24-18-16-14-12-10-8-6-4-2/h12,14,18,24,28,30,36,38,43-44,48H,3-11,13,15-17,19-23,25-27,29,31-35,37,39-42,46H2,1-2H3,(H,47,49)(H,50,51)/b14-12-,24-18-,30-28+,38-36+. The Balaban J connectivity index is 4.27. The van der Waals surface area contributed by atoms with Gasteiger partial charge in [-0.15, -0.1) is 0 Å². The zero-order chi connectivity index (χ0) is 39.6. The lowest BCUT2D eigenvalue weighted by Crippen LogP contribution is -2.45. The predicted octanol–water partition coefficient (Wildman–Crippen LogP) is 12.5. The second-order valence-electron chi connectivity index (χ2n) is 14.9. The van der Waals surface area contributed by atoms with Crippen LogP contribution in [0.1, 0.15) is 200 Å². The summed E-state index contributed by atoms with van der Waals surface area (Å²) in [5.41, 5.74) is 5.37. The number of phosphoric acid groups is 1. The van der Waals surface area contributed by atoms with Gasteiger partial charge in [0.2, 0.25) is 5.91 Å². The Bertz CT molecular complexity index is 985. The van der Waals surface area contributed by atoms with Crippen molar-refractivity contribution in [3.05, 3.63) is 48.6 Å². The highest BCUT2D eigenvalue weighted by molar-refractivity contribution is 7.47. The molecule has 0 bridgehead atoms. The van der Waals surface area contributed by atoms with Gasteiger partial charge in [0, 0.05) is 13.0 Å². The molecule has 0 aromatic rings. The predicted molar refractivity (Wildman–Crippen MR) is 231 cm³/mol. The lowest BCUT2D eigenvalue weighted by atomic mass is 10.0. The molecule has 316 valence electrons. The molecule has 1 amide bonds. The second-order valence-corrected chi connectivity index (χ2v) is 16.3. The summed E-state index contributed by atoms with van der Waals surface area (Å²) in [5, 5.41) is 13.6. The molecule has 0 spiro atoms. The molecule has 5 N–H and O–H groups in total. The molecule has 0 rings (SSSR count). The largest absolute Gasteiger partial charge is 0.472 e. The number of carbonyl (C=O) groups is 1. The molecule has 0 saturated heterocycles. The molecule has 0 aromatic heterocycles. The first kappa shape index (κ1) is 52.5. The van der Waals surface area contributed by atoms with Gasteiger partial charge in [-0.25, -0.2) is 4.57 Å². The van der Waals surface area contributed by atoms with Crippen LogP contribution in [0.4, 0.5) is 0 Å². The van der Waals surface area contributed by atoms with E-state index in [1.54, 1.807) is 6.08 Å². The summed E-state index contributed by atoms with van der Waals surface area (Å²) in [6, 6.07) is -0.885. The van der Waals surface area contributed by atoms with Crippen LogP contribution in [0.2, 0.25) is 0 Å². The van der Waals surface area contributed by atoms with Crippen molar-refractivity contribution in [1.29, 1.82) is 0 Å². The van der Waals surface area contributed by atoms with Crippen LogP contribution >= 0.6 is 7.82 Å². The van der Waals surface area contributed by atoms with E-state index >= 15 is 0 Å². The van der Waals surface area contributed by atoms with Gasteiger partial charge in [-0.05, 0) is 64.2 Å². The topological polar surface area (TPSA) is 131 Å². The SMILES string of the molecule is CCCCC/C=C\C/C=C\CCCCCCCC(=O)NC(COP(=O)(O)OCCN)C(O)/C=C/CC/C=C/CCCCCCCCCCCCCCCC. The van der Waals surface area contributed by atoms with Crippen LogP contribution in [-0.2, 0) is 18.4 Å². The summed E-state index contributed by atoms with van der Waals surface area (Å²) >= 11 is 0. The number of nitrogens with two attached hydrogens (primary N) is 1. The molecule has 0 fully saturated rings. The molecule has 3 atom stereocenters. The number of nitrogens with one attached hydrogen (secondary N) is 1. The fraction of sp³-hybridized carbons (Fsp3) is 0.800. The Kier molecular flexibility index (Phi) is 39.9. The average Bonchev–Trinajstić information content (AvgIpc) is 3.16. The molecule has 8 nitrogen and oxygen atoms in total. The third-order valence-electron chi connectivity index (χ3n) is 9.63. The van der Waals surface area contributed by atoms with Crippen LogP contribution < -0.4 is 11.1 Å². The Labute approximate surface area is 332 Å². The summed E-state index contributed by atoms with van der Waals surface area (Å²) in [5.74, 6) is -0.219. The van der Waals surface area contributed by atoms with Crippen molar-refractivity contribution < 1.29 is 28.4 Å². The van der Waals surface area contributed by atoms with Crippen LogP contribution in [0.5, 0.6) is 0 Å². The van der Waals surface area contributed by atoms with Gasteiger partial charge in [-0.3, -0.25) is 13.8 Å². The van der Waals surface area contributed by atoms with Gasteiger partial charge in [-0.1, -0.05) is 178 Å². The first-order valence-corrected chi connectivity index (χ1v) is 23.8. The second kappa shape index (κ2) is 41.1. The van der Waals surface area contributed by atoms with Crippen molar-refractivity contribution >= 4 is 13.7 Å². The molecule has 0 aliphatic carbocycles. The monoisotopic (exact) mass is 781 g/mol. The Morgan fingerprint density at radius 3 is 1.57 bits per heavy atom. The number of aliphatic hydroxyl groups is 1. The Morgan fingerprint density at radius 1 is 0.611 bits per heavy atom. The highest BCUT2D eigenvalue weighted by Crippen LogP contribution is 2.43. The number of carbonyl (C=O) groups excluding carboxylic acids is 1. The lowest BCUT2D eigenvalue weighted by Gasteiger charge is -2.23. The minimum Gasteiger partial charge on any atom is -0.387 e. The molecule has 54 heavy (non-hydrogen) atoms. The summed E-state index contributed by atoms with van der Waals surface area (Å²) in [6.45, 7) is 4.08. The molecule has 0 saturated carbocycles. The van der Waals surface area contributed by atoms with E-state index in [1.807, 2.05) is 6.08 Å². The van der Waals surface area contributed by atoms with Gasteiger partial charge in [0.1, 0.15) is 0 Å². The van der Waals surface area contributed by atoms with Crippen LogP contribution in [0.25, 0.3) is 0 Å². The highest BCUT2D eigenvalue weighted by atomic mass is 31.2. The normalized spacial score (nSPS) is 14.5. The molecular weight excluding hydrogens is 695 g/mol. The van der Waals surface area contributed by atoms with Crippen molar-refractivity contribution in [2.45, 2.75) is 212 Å². The number of allylic oxidation sites excluding steroid dienone is 7. The van der Waals surface area contributed by atoms with Crippen molar-refractivity contribution in [3.63, 3.8) is 0 Å². The molecule has 9 heteroatoms. The number of amides is 1. The zero-order valence-corrected chi connectivity index (χ0v) is 35.8. The maximum Gasteiger partial charge on any atom is 0.472 e. The third-order valence-corrected chi connectivity index (χ3v) is 10.6. The van der Waals surface area contributed by atoms with Crippen LogP contribution in [0.15, 0.2) is 48.6 Å². The maximum atomic E-state index is 12.7. The third kappa shape index (κ3) is 38.7. The number of phosphoric ester groups is 1. The number of aliphatic hydroxyl groups excluding tert-OH is 1. The Morgan fingerprint density at radius 2 is 1.04 bits per heavy atom. The zero-order valence-electron chi connectivity index (χ0n) is 35.0. The molecule has 0 aliphatic heterocycles. The molecule has 0 aromatic carbocycles. The molecule has 0 heterocycles. The Hall–Kier alpha value is -1.54. The minimum atomic E-state index is -4.35. The summed E-state index contributed by atoms with van der Waals surface area (Å²) in [7, 11) is -4.35. The quantitative estimate of drug-likeness (QED) is 0.0276. The van der Waals surface area contributed by atoms with E-state index in [-0.39, 0.29) is 25.7 Å². The summed E-state index contributed by atoms with van der Waals surface area (Å²) in [4.78, 5) is 22.7. The highest BCUT2D eigenvalue weighted by Gasteiger charge is 2.26. The number of hydrogen-bond acceptors (Lipinski definition) is 6. The average molecular weight is 781 g/mol. The molecular formula is C45H85N2O6P. The molecule has 0 radical (unpaired) electrons. The van der Waals surface area contributed by atoms with Gasteiger partial charge in [0.05, 0.1) is 25.4 Å². The van der Waals surface area contributed by atoms with Gasteiger partial charge >= 0.3 is 7.82 Å². The van der Waals surface area contributed by atoms with E-state index in [2.05, 4.69) is 55.6 Å². The fourth-order valence-electron chi connectivity index (χ4n) is 6.24. The smallest absolute Gasteiger partial charge is 0.387 e. The van der Waals surface area contributed by atoms with E-state index in [0.717, 1.165) is 64.2 Å². The van der Waals surface area contributed by atoms with E-state index in [4.69, 9.17) is 14.8 Å². The van der Waals surface area contributed by atoms with Gasteiger partial charge in [0.25, 0.3) is 0 Å². The minimum absolute atomic E-state index is 0.0703. The number of rotatable bonds is 41.